The third kappa shape index (κ3) is 3.75. The standard InChI is InChI=1S/C11H15N3O/c1-8(2)15-10-6-4-3-5-9(10)7-14-11(12)13/h3-8H,1-2H3,(H3,12,13)/p+1. The average molecular weight is 206 g/mol. The summed E-state index contributed by atoms with van der Waals surface area (Å²) in [6.07, 6.45) is 1.71. The topological polar surface area (TPSA) is 75.4 Å². The van der Waals surface area contributed by atoms with E-state index in [0.29, 0.717) is 0 Å². The fourth-order valence-electron chi connectivity index (χ4n) is 1.09. The molecule has 1 aromatic rings. The minimum Gasteiger partial charge on any atom is -0.490 e. The zero-order valence-corrected chi connectivity index (χ0v) is 8.97. The number of benzene rings is 1. The SMILES string of the molecule is CC(C)Oc1ccccc1C=[N+]=C(N)N. The van der Waals surface area contributed by atoms with Crippen molar-refractivity contribution in [3.05, 3.63) is 29.8 Å². The largest absolute Gasteiger partial charge is 0.490 e. The molecule has 0 amide bonds. The number of hydrogen-bond donors (Lipinski definition) is 2. The Labute approximate surface area is 89.3 Å². The molecule has 0 atom stereocenters. The first-order valence-corrected chi connectivity index (χ1v) is 4.77. The smallest absolute Gasteiger partial charge is 0.433 e. The summed E-state index contributed by atoms with van der Waals surface area (Å²) in [6.45, 7) is 3.94. The second kappa shape index (κ2) is 5.08. The lowest BCUT2D eigenvalue weighted by atomic mass is 10.2. The molecule has 0 radical (unpaired) electrons. The van der Waals surface area contributed by atoms with E-state index in [1.165, 1.54) is 0 Å². The first kappa shape index (κ1) is 11.1. The number of para-hydroxylation sites is 1. The predicted octanol–water partition coefficient (Wildman–Crippen LogP) is 0.233. The van der Waals surface area contributed by atoms with Gasteiger partial charge in [0.15, 0.2) is 6.21 Å². The Morgan fingerprint density at radius 3 is 2.60 bits per heavy atom. The zero-order valence-electron chi connectivity index (χ0n) is 8.97. The maximum Gasteiger partial charge on any atom is 0.433 e. The lowest BCUT2D eigenvalue weighted by molar-refractivity contribution is 0.242. The number of guanidine groups is 1. The van der Waals surface area contributed by atoms with Gasteiger partial charge in [-0.1, -0.05) is 12.1 Å². The van der Waals surface area contributed by atoms with Crippen molar-refractivity contribution in [2.75, 3.05) is 0 Å². The Morgan fingerprint density at radius 2 is 2.00 bits per heavy atom. The summed E-state index contributed by atoms with van der Waals surface area (Å²) >= 11 is 0. The van der Waals surface area contributed by atoms with E-state index in [0.717, 1.165) is 11.3 Å². The van der Waals surface area contributed by atoms with Crippen LogP contribution in [0, 0.1) is 0 Å². The molecule has 1 rings (SSSR count). The second-order valence-corrected chi connectivity index (χ2v) is 3.39. The molecule has 4 heteroatoms. The Hall–Kier alpha value is -1.93. The molecule has 0 spiro atoms. The fraction of sp³-hybridized carbons (Fsp3) is 0.273. The van der Waals surface area contributed by atoms with Crippen molar-refractivity contribution in [2.45, 2.75) is 20.0 Å². The van der Waals surface area contributed by atoms with E-state index in [1.807, 2.05) is 38.1 Å². The van der Waals surface area contributed by atoms with Gasteiger partial charge in [-0.05, 0) is 26.0 Å². The minimum atomic E-state index is 0.0364. The van der Waals surface area contributed by atoms with Crippen molar-refractivity contribution in [1.82, 2.24) is 4.67 Å². The van der Waals surface area contributed by atoms with Crippen LogP contribution in [-0.2, 0) is 0 Å². The highest BCUT2D eigenvalue weighted by atomic mass is 16.5. The molecule has 80 valence electrons. The van der Waals surface area contributed by atoms with Crippen molar-refractivity contribution >= 4 is 12.2 Å². The Kier molecular flexibility index (Phi) is 3.77. The normalized spacial score (nSPS) is 9.53. The Bertz CT molecular complexity index is 389. The van der Waals surface area contributed by atoms with Gasteiger partial charge >= 0.3 is 5.96 Å². The average Bonchev–Trinajstić information content (AvgIpc) is 2.15. The highest BCUT2D eigenvalue weighted by Gasteiger charge is 2.03. The molecule has 0 aliphatic carbocycles. The summed E-state index contributed by atoms with van der Waals surface area (Å²) < 4.78 is 9.43. The van der Waals surface area contributed by atoms with Crippen molar-refractivity contribution in [2.24, 2.45) is 11.5 Å². The third-order valence-electron chi connectivity index (χ3n) is 1.63. The molecular formula is C11H16N3O+. The maximum absolute atomic E-state index is 5.60. The van der Waals surface area contributed by atoms with E-state index in [9.17, 15) is 0 Å². The molecule has 0 saturated heterocycles. The molecule has 15 heavy (non-hydrogen) atoms. The van der Waals surface area contributed by atoms with Gasteiger partial charge in [0.2, 0.25) is 0 Å². The molecule has 0 heterocycles. The first-order chi connectivity index (χ1) is 7.09. The Morgan fingerprint density at radius 1 is 1.33 bits per heavy atom. The molecule has 4 nitrogen and oxygen atoms in total. The molecule has 0 aliphatic rings. The molecular weight excluding hydrogens is 190 g/mol. The molecule has 4 N–H and O–H groups in total. The highest BCUT2D eigenvalue weighted by Crippen LogP contribution is 2.16. The van der Waals surface area contributed by atoms with Gasteiger partial charge in [-0.25, -0.2) is 4.67 Å². The Balaban J connectivity index is 3.01. The van der Waals surface area contributed by atoms with E-state index in [1.54, 1.807) is 6.21 Å². The highest BCUT2D eigenvalue weighted by molar-refractivity contribution is 5.87. The van der Waals surface area contributed by atoms with Gasteiger partial charge in [0.05, 0.1) is 11.7 Å². The monoisotopic (exact) mass is 206 g/mol. The van der Waals surface area contributed by atoms with Crippen molar-refractivity contribution in [3.63, 3.8) is 0 Å². The molecule has 0 saturated carbocycles. The van der Waals surface area contributed by atoms with Crippen molar-refractivity contribution in [1.29, 1.82) is 0 Å². The van der Waals surface area contributed by atoms with Gasteiger partial charge in [-0.3, -0.25) is 11.5 Å². The third-order valence-corrected chi connectivity index (χ3v) is 1.63. The zero-order chi connectivity index (χ0) is 11.3. The predicted molar refractivity (Wildman–Crippen MR) is 62.9 cm³/mol. The maximum atomic E-state index is 5.60. The lowest BCUT2D eigenvalue weighted by Crippen LogP contribution is -2.25. The molecule has 0 aliphatic heterocycles. The summed E-state index contributed by atoms with van der Waals surface area (Å²) in [5.74, 6) is 0.812. The van der Waals surface area contributed by atoms with Crippen LogP contribution in [0.1, 0.15) is 19.4 Å². The van der Waals surface area contributed by atoms with Gasteiger partial charge < -0.3 is 4.74 Å². The van der Waals surface area contributed by atoms with Crippen LogP contribution in [0.15, 0.2) is 24.3 Å². The van der Waals surface area contributed by atoms with E-state index in [2.05, 4.69) is 4.67 Å². The second-order valence-electron chi connectivity index (χ2n) is 3.39. The van der Waals surface area contributed by atoms with E-state index in [-0.39, 0.29) is 12.1 Å². The van der Waals surface area contributed by atoms with Crippen LogP contribution in [0.3, 0.4) is 0 Å². The number of nitrogens with two attached hydrogens (primary N) is 2. The van der Waals surface area contributed by atoms with Crippen molar-refractivity contribution in [3.8, 4) is 5.75 Å². The van der Waals surface area contributed by atoms with Crippen molar-refractivity contribution < 1.29 is 4.74 Å². The van der Waals surface area contributed by atoms with Gasteiger partial charge in [0.1, 0.15) is 5.75 Å². The molecule has 0 unspecified atom stereocenters. The molecule has 0 fully saturated rings. The van der Waals surface area contributed by atoms with Crippen LogP contribution in [0.25, 0.3) is 0 Å². The van der Waals surface area contributed by atoms with E-state index >= 15 is 0 Å². The molecule has 1 aromatic carbocycles. The van der Waals surface area contributed by atoms with Gasteiger partial charge in [-0.2, -0.15) is 0 Å². The number of nitrogens with zero attached hydrogens (tertiary/aromatic N) is 1. The van der Waals surface area contributed by atoms with Gasteiger partial charge in [0.25, 0.3) is 0 Å². The number of ether oxygens (including phenoxy) is 1. The van der Waals surface area contributed by atoms with E-state index in [4.69, 9.17) is 16.2 Å². The van der Waals surface area contributed by atoms with Gasteiger partial charge in [0, 0.05) is 0 Å². The summed E-state index contributed by atoms with van der Waals surface area (Å²) in [4.78, 5) is 0. The van der Waals surface area contributed by atoms with Crippen LogP contribution in [0.5, 0.6) is 5.75 Å². The van der Waals surface area contributed by atoms with E-state index < -0.39 is 0 Å². The number of hydrogen-bond acceptors (Lipinski definition) is 1. The molecule has 0 bridgehead atoms. The van der Waals surface area contributed by atoms with Crippen LogP contribution in [0.4, 0.5) is 0 Å². The minimum absolute atomic E-state index is 0.0364. The summed E-state index contributed by atoms with van der Waals surface area (Å²) in [5.41, 5.74) is 11.4. The van der Waals surface area contributed by atoms with Crippen LogP contribution in [-0.4, -0.2) is 18.3 Å². The lowest BCUT2D eigenvalue weighted by Gasteiger charge is -2.10. The number of rotatable bonds is 3. The fourth-order valence-corrected chi connectivity index (χ4v) is 1.09. The molecule has 0 aromatic heterocycles. The van der Waals surface area contributed by atoms with Gasteiger partial charge in [-0.15, -0.1) is 0 Å². The van der Waals surface area contributed by atoms with Crippen LogP contribution in [0.2, 0.25) is 0 Å². The summed E-state index contributed by atoms with van der Waals surface area (Å²) in [7, 11) is 0. The van der Waals surface area contributed by atoms with Crippen LogP contribution >= 0.6 is 0 Å². The summed E-state index contributed by atoms with van der Waals surface area (Å²) in [6, 6.07) is 7.59. The quantitative estimate of drug-likeness (QED) is 0.422. The van der Waals surface area contributed by atoms with Crippen LogP contribution < -0.4 is 20.9 Å². The summed E-state index contributed by atoms with van der Waals surface area (Å²) in [5, 5.41) is 0. The first-order valence-electron chi connectivity index (χ1n) is 4.77.